The van der Waals surface area contributed by atoms with Crippen LogP contribution in [0.25, 0.3) is 0 Å². The van der Waals surface area contributed by atoms with Gasteiger partial charge < -0.3 is 19.7 Å². The molecule has 11 heteroatoms. The maximum absolute atomic E-state index is 13.9. The third-order valence-electron chi connectivity index (χ3n) is 6.17. The van der Waals surface area contributed by atoms with E-state index in [0.717, 1.165) is 6.07 Å². The van der Waals surface area contributed by atoms with E-state index in [1.54, 1.807) is 0 Å². The van der Waals surface area contributed by atoms with Gasteiger partial charge in [-0.2, -0.15) is 0 Å². The predicted molar refractivity (Wildman–Crippen MR) is 120 cm³/mol. The van der Waals surface area contributed by atoms with Crippen molar-refractivity contribution in [1.29, 1.82) is 0 Å². The van der Waals surface area contributed by atoms with Crippen LogP contribution >= 0.6 is 0 Å². The summed E-state index contributed by atoms with van der Waals surface area (Å²) in [5, 5.41) is 16.7. The van der Waals surface area contributed by atoms with E-state index in [2.05, 4.69) is 5.32 Å². The van der Waals surface area contributed by atoms with Crippen molar-refractivity contribution in [2.24, 2.45) is 0 Å². The zero-order valence-electron chi connectivity index (χ0n) is 19.3. The molecule has 1 aromatic heterocycles. The van der Waals surface area contributed by atoms with E-state index >= 15 is 0 Å². The van der Waals surface area contributed by atoms with Crippen LogP contribution in [0.3, 0.4) is 0 Å². The van der Waals surface area contributed by atoms with Crippen molar-refractivity contribution < 1.29 is 28.2 Å². The van der Waals surface area contributed by atoms with Gasteiger partial charge in [0.1, 0.15) is 22.9 Å². The summed E-state index contributed by atoms with van der Waals surface area (Å²) < 4.78 is 34.0. The number of hydrogen-bond donors (Lipinski definition) is 2. The third kappa shape index (κ3) is 5.16. The number of carbonyl (C=O) groups is 2. The van der Waals surface area contributed by atoms with Crippen LogP contribution in [0, 0.1) is 11.6 Å². The summed E-state index contributed by atoms with van der Waals surface area (Å²) in [7, 11) is 5.55. The van der Waals surface area contributed by atoms with E-state index in [0.29, 0.717) is 45.0 Å². The summed E-state index contributed by atoms with van der Waals surface area (Å²) in [6.45, 7) is 0.882. The highest BCUT2D eigenvalue weighted by atomic mass is 19.1. The molecule has 1 aliphatic heterocycles. The second-order valence-corrected chi connectivity index (χ2v) is 8.51. The fourth-order valence-electron chi connectivity index (χ4n) is 4.01. The summed E-state index contributed by atoms with van der Waals surface area (Å²) in [5.74, 6) is -3.30. The molecule has 1 saturated heterocycles. The number of hydrogen-bond acceptors (Lipinski definition) is 7. The first-order chi connectivity index (χ1) is 16.1. The molecule has 2 heterocycles. The van der Waals surface area contributed by atoms with Crippen LogP contribution in [-0.2, 0) is 16.8 Å². The average molecular weight is 478 g/mol. The molecule has 0 bridgehead atoms. The van der Waals surface area contributed by atoms with Crippen LogP contribution in [0.4, 0.5) is 8.78 Å². The number of benzene rings is 1. The second-order valence-electron chi connectivity index (χ2n) is 8.51. The van der Waals surface area contributed by atoms with Crippen LogP contribution in [0.1, 0.15) is 39.3 Å². The molecule has 34 heavy (non-hydrogen) atoms. The molecule has 9 nitrogen and oxygen atoms in total. The molecule has 184 valence electrons. The van der Waals surface area contributed by atoms with E-state index in [9.17, 15) is 28.3 Å². The number of nitrogens with zero attached hydrogens (tertiary/aromatic N) is 3. The molecule has 1 fully saturated rings. The molecule has 1 amide bonds. The van der Waals surface area contributed by atoms with Crippen molar-refractivity contribution in [3.63, 3.8) is 0 Å². The van der Waals surface area contributed by atoms with Crippen molar-refractivity contribution >= 4 is 12.2 Å². The molecule has 0 radical (unpaired) electrons. The van der Waals surface area contributed by atoms with Crippen molar-refractivity contribution in [3.8, 4) is 5.75 Å². The highest BCUT2D eigenvalue weighted by Crippen LogP contribution is 2.33. The van der Waals surface area contributed by atoms with Gasteiger partial charge in [0.05, 0.1) is 5.54 Å². The van der Waals surface area contributed by atoms with Gasteiger partial charge in [-0.25, -0.2) is 18.8 Å². The summed E-state index contributed by atoms with van der Waals surface area (Å²) >= 11 is 0. The Bertz CT molecular complexity index is 1130. The summed E-state index contributed by atoms with van der Waals surface area (Å²) in [6.07, 6.45) is 2.59. The Balaban J connectivity index is 2.02. The van der Waals surface area contributed by atoms with Crippen molar-refractivity contribution in [2.45, 2.75) is 24.9 Å². The number of rotatable bonds is 8. The minimum absolute atomic E-state index is 0.0253. The van der Waals surface area contributed by atoms with Crippen LogP contribution in [0.5, 0.6) is 5.75 Å². The number of aldehydes is 1. The lowest BCUT2D eigenvalue weighted by atomic mass is 9.88. The predicted octanol–water partition coefficient (Wildman–Crippen LogP) is 1.49. The Hall–Kier alpha value is -3.15. The Labute approximate surface area is 195 Å². The van der Waals surface area contributed by atoms with Gasteiger partial charge in [0.2, 0.25) is 5.43 Å². The smallest absolute Gasteiger partial charge is 0.257 e. The van der Waals surface area contributed by atoms with Crippen LogP contribution in [0.15, 0.2) is 29.2 Å². The van der Waals surface area contributed by atoms with Gasteiger partial charge in [-0.1, -0.05) is 6.07 Å². The lowest BCUT2D eigenvalue weighted by Gasteiger charge is -2.44. The van der Waals surface area contributed by atoms with Crippen molar-refractivity contribution in [2.75, 3.05) is 40.9 Å². The quantitative estimate of drug-likeness (QED) is 0.438. The fraction of sp³-hybridized carbons (Fsp3) is 0.435. The van der Waals surface area contributed by atoms with Crippen molar-refractivity contribution in [1.82, 2.24) is 19.9 Å². The van der Waals surface area contributed by atoms with Crippen molar-refractivity contribution in [3.05, 3.63) is 63.1 Å². The Morgan fingerprint density at radius 2 is 1.94 bits per heavy atom. The number of pyridine rings is 1. The van der Waals surface area contributed by atoms with Gasteiger partial charge in [-0.15, -0.1) is 0 Å². The lowest BCUT2D eigenvalue weighted by molar-refractivity contribution is -0.0392. The molecule has 3 rings (SSSR count). The van der Waals surface area contributed by atoms with Gasteiger partial charge in [0, 0.05) is 65.3 Å². The molecule has 0 spiro atoms. The number of carbonyl (C=O) groups excluding carboxylic acids is 2. The number of ether oxygens (including phenoxy) is 1. The Morgan fingerprint density at radius 1 is 1.26 bits per heavy atom. The van der Waals surface area contributed by atoms with Gasteiger partial charge in [0.15, 0.2) is 12.0 Å². The van der Waals surface area contributed by atoms with Crippen LogP contribution < -0.4 is 10.7 Å². The van der Waals surface area contributed by atoms with Gasteiger partial charge >= 0.3 is 0 Å². The molecule has 0 unspecified atom stereocenters. The van der Waals surface area contributed by atoms with E-state index in [1.807, 2.05) is 31.2 Å². The van der Waals surface area contributed by atoms with Gasteiger partial charge in [-0.05, 0) is 18.9 Å². The molecular weight excluding hydrogens is 450 g/mol. The minimum Gasteiger partial charge on any atom is -0.503 e. The van der Waals surface area contributed by atoms with Gasteiger partial charge in [0.25, 0.3) is 5.91 Å². The van der Waals surface area contributed by atoms with Crippen LogP contribution in [-0.4, -0.2) is 72.8 Å². The maximum atomic E-state index is 13.9. The number of nitrogens with one attached hydrogen (secondary N) is 1. The Morgan fingerprint density at radius 3 is 2.53 bits per heavy atom. The first-order valence-electron chi connectivity index (χ1n) is 10.7. The normalized spacial score (nSPS) is 15.5. The lowest BCUT2D eigenvalue weighted by Crippen LogP contribution is -2.52. The number of halogens is 2. The topological polar surface area (TPSA) is 104 Å². The molecular formula is C23H28F2N4O5. The first-order valence-corrected chi connectivity index (χ1v) is 10.7. The van der Waals surface area contributed by atoms with Gasteiger partial charge in [-0.3, -0.25) is 14.4 Å². The Kier molecular flexibility index (Phi) is 7.80. The monoisotopic (exact) mass is 478 g/mol. The summed E-state index contributed by atoms with van der Waals surface area (Å²) in [4.78, 5) is 37.5. The third-order valence-corrected chi connectivity index (χ3v) is 6.17. The minimum atomic E-state index is -1.02. The number of hydrazine groups is 1. The van der Waals surface area contributed by atoms with E-state index < -0.39 is 39.8 Å². The molecule has 2 aromatic rings. The summed E-state index contributed by atoms with van der Waals surface area (Å²) in [5.41, 5.74) is -2.38. The largest absolute Gasteiger partial charge is 0.503 e. The molecule has 0 atom stereocenters. The van der Waals surface area contributed by atoms with E-state index in [1.165, 1.54) is 16.8 Å². The highest BCUT2D eigenvalue weighted by Gasteiger charge is 2.38. The van der Waals surface area contributed by atoms with Crippen LogP contribution in [0.2, 0.25) is 0 Å². The summed E-state index contributed by atoms with van der Waals surface area (Å²) in [6, 6.07) is 2.93. The molecule has 1 aromatic carbocycles. The molecule has 2 N–H and O–H groups in total. The molecule has 0 aliphatic carbocycles. The number of aromatic hydroxyl groups is 1. The standard InChI is InChI=1S/C23H28F2N4O5/c1-27(2)28(3)14-23(6-8-34-9-7-23)29-12-17(20(31)21(32)19(29)13-30)22(33)26-11-15-4-5-16(24)10-18(15)25/h4-5,10,12-13,32H,6-9,11,14H2,1-3H3,(H,26,33). The number of aromatic nitrogens is 1. The average Bonchev–Trinajstić information content (AvgIpc) is 2.80. The van der Waals surface area contributed by atoms with E-state index in [4.69, 9.17) is 4.74 Å². The highest BCUT2D eigenvalue weighted by molar-refractivity contribution is 5.95. The fourth-order valence-corrected chi connectivity index (χ4v) is 4.01. The zero-order valence-corrected chi connectivity index (χ0v) is 19.3. The zero-order chi connectivity index (χ0) is 25.0. The maximum Gasteiger partial charge on any atom is 0.257 e. The molecule has 1 aliphatic rings. The SMILES string of the molecule is CN(C)N(C)CC1(n2cc(C(=O)NCc3ccc(F)cc3F)c(=O)c(O)c2C=O)CCOCC1. The molecule has 0 saturated carbocycles. The first kappa shape index (κ1) is 25.5. The van der Waals surface area contributed by atoms with E-state index in [-0.39, 0.29) is 17.8 Å². The number of likely N-dealkylation sites (N-methyl/N-ethyl adjacent to an activating group) is 1. The second kappa shape index (κ2) is 10.4. The number of amides is 1.